The van der Waals surface area contributed by atoms with Gasteiger partial charge >= 0.3 is 0 Å². The van der Waals surface area contributed by atoms with Gasteiger partial charge in [0.25, 0.3) is 5.56 Å². The van der Waals surface area contributed by atoms with Gasteiger partial charge < -0.3 is 5.73 Å². The molecule has 2 N–H and O–H groups in total. The maximum absolute atomic E-state index is 11.5. The molecule has 17 heavy (non-hydrogen) atoms. The standard InChI is InChI=1S/C13H15N3O/c14-12-8-9-13(17)16(15-12)10-4-7-11-5-2-1-3-6-11/h1-3,5-6,8-9H,4,7,10H2,(H2,14,15). The van der Waals surface area contributed by atoms with E-state index in [1.807, 2.05) is 18.2 Å². The lowest BCUT2D eigenvalue weighted by atomic mass is 10.1. The molecule has 0 aliphatic carbocycles. The highest BCUT2D eigenvalue weighted by atomic mass is 16.1. The van der Waals surface area contributed by atoms with Gasteiger partial charge in [-0.15, -0.1) is 0 Å². The lowest BCUT2D eigenvalue weighted by molar-refractivity contribution is 0.552. The molecule has 0 aliphatic heterocycles. The topological polar surface area (TPSA) is 60.9 Å². The van der Waals surface area contributed by atoms with E-state index in [1.165, 1.54) is 22.4 Å². The highest BCUT2D eigenvalue weighted by Crippen LogP contribution is 2.03. The molecule has 1 aromatic carbocycles. The van der Waals surface area contributed by atoms with Crippen LogP contribution in [0.4, 0.5) is 5.82 Å². The van der Waals surface area contributed by atoms with Gasteiger partial charge in [-0.05, 0) is 24.5 Å². The lowest BCUT2D eigenvalue weighted by Gasteiger charge is -2.04. The predicted molar refractivity (Wildman–Crippen MR) is 67.7 cm³/mol. The number of aryl methyl sites for hydroxylation is 2. The van der Waals surface area contributed by atoms with Gasteiger partial charge in [-0.3, -0.25) is 4.79 Å². The third kappa shape index (κ3) is 3.17. The summed E-state index contributed by atoms with van der Waals surface area (Å²) in [5.41, 5.74) is 6.70. The summed E-state index contributed by atoms with van der Waals surface area (Å²) in [6, 6.07) is 13.2. The summed E-state index contributed by atoms with van der Waals surface area (Å²) in [4.78, 5) is 11.5. The van der Waals surface area contributed by atoms with Crippen LogP contribution in [0.3, 0.4) is 0 Å². The monoisotopic (exact) mass is 229 g/mol. The third-order valence-corrected chi connectivity index (χ3v) is 2.57. The van der Waals surface area contributed by atoms with E-state index in [0.29, 0.717) is 12.4 Å². The quantitative estimate of drug-likeness (QED) is 0.863. The molecule has 0 saturated carbocycles. The first-order valence-electron chi connectivity index (χ1n) is 5.63. The summed E-state index contributed by atoms with van der Waals surface area (Å²) in [6.07, 6.45) is 1.81. The molecule has 0 aliphatic rings. The zero-order valence-corrected chi connectivity index (χ0v) is 9.54. The molecule has 0 amide bonds. The average Bonchev–Trinajstić information content (AvgIpc) is 2.35. The van der Waals surface area contributed by atoms with Crippen LogP contribution in [-0.2, 0) is 13.0 Å². The van der Waals surface area contributed by atoms with Crippen molar-refractivity contribution in [3.8, 4) is 0 Å². The molecule has 0 bridgehead atoms. The summed E-state index contributed by atoms with van der Waals surface area (Å²) in [5.74, 6) is 0.379. The molecule has 88 valence electrons. The molecule has 1 heterocycles. The minimum Gasteiger partial charge on any atom is -0.382 e. The van der Waals surface area contributed by atoms with Crippen molar-refractivity contribution in [1.82, 2.24) is 9.78 Å². The van der Waals surface area contributed by atoms with Crippen molar-refractivity contribution in [3.05, 3.63) is 58.4 Å². The molecular formula is C13H15N3O. The first-order chi connectivity index (χ1) is 8.25. The number of hydrogen-bond donors (Lipinski definition) is 1. The van der Waals surface area contributed by atoms with E-state index in [9.17, 15) is 4.79 Å². The molecule has 0 unspecified atom stereocenters. The lowest BCUT2D eigenvalue weighted by Crippen LogP contribution is -2.23. The van der Waals surface area contributed by atoms with Crippen LogP contribution in [0.1, 0.15) is 12.0 Å². The van der Waals surface area contributed by atoms with E-state index < -0.39 is 0 Å². The van der Waals surface area contributed by atoms with Crippen LogP contribution in [0, 0.1) is 0 Å². The highest BCUT2D eigenvalue weighted by molar-refractivity contribution is 5.23. The van der Waals surface area contributed by atoms with E-state index in [1.54, 1.807) is 0 Å². The van der Waals surface area contributed by atoms with Crippen LogP contribution in [0.15, 0.2) is 47.3 Å². The molecule has 0 radical (unpaired) electrons. The normalized spacial score (nSPS) is 10.4. The Hall–Kier alpha value is -2.10. The van der Waals surface area contributed by atoms with Gasteiger partial charge in [0.1, 0.15) is 5.82 Å². The van der Waals surface area contributed by atoms with Gasteiger partial charge in [-0.2, -0.15) is 5.10 Å². The van der Waals surface area contributed by atoms with Crippen molar-refractivity contribution in [2.24, 2.45) is 0 Å². The largest absolute Gasteiger partial charge is 0.382 e. The minimum absolute atomic E-state index is 0.104. The fraction of sp³-hybridized carbons (Fsp3) is 0.231. The zero-order valence-electron chi connectivity index (χ0n) is 9.54. The van der Waals surface area contributed by atoms with E-state index in [0.717, 1.165) is 12.8 Å². The van der Waals surface area contributed by atoms with Gasteiger partial charge in [0.05, 0.1) is 0 Å². The Bertz CT molecular complexity index is 534. The average molecular weight is 229 g/mol. The van der Waals surface area contributed by atoms with Crippen molar-refractivity contribution in [1.29, 1.82) is 0 Å². The molecule has 4 nitrogen and oxygen atoms in total. The van der Waals surface area contributed by atoms with Gasteiger partial charge in [0.2, 0.25) is 0 Å². The zero-order chi connectivity index (χ0) is 12.1. The third-order valence-electron chi connectivity index (χ3n) is 2.57. The first kappa shape index (κ1) is 11.4. The van der Waals surface area contributed by atoms with Gasteiger partial charge in [0.15, 0.2) is 0 Å². The van der Waals surface area contributed by atoms with E-state index >= 15 is 0 Å². The van der Waals surface area contributed by atoms with Crippen LogP contribution in [0.25, 0.3) is 0 Å². The smallest absolute Gasteiger partial charge is 0.266 e. The highest BCUT2D eigenvalue weighted by Gasteiger charge is 1.98. The van der Waals surface area contributed by atoms with Crippen molar-refractivity contribution in [2.45, 2.75) is 19.4 Å². The first-order valence-corrected chi connectivity index (χ1v) is 5.63. The summed E-state index contributed by atoms with van der Waals surface area (Å²) < 4.78 is 1.41. The molecule has 4 heteroatoms. The molecule has 0 spiro atoms. The number of benzene rings is 1. The van der Waals surface area contributed by atoms with Gasteiger partial charge in [-0.1, -0.05) is 30.3 Å². The maximum Gasteiger partial charge on any atom is 0.266 e. The van der Waals surface area contributed by atoms with Gasteiger partial charge in [-0.25, -0.2) is 4.68 Å². The molecule has 0 fully saturated rings. The second-order valence-corrected chi connectivity index (χ2v) is 3.91. The SMILES string of the molecule is Nc1ccc(=O)n(CCCc2ccccc2)n1. The van der Waals surface area contributed by atoms with Crippen LogP contribution >= 0.6 is 0 Å². The molecule has 2 rings (SSSR count). The number of nitrogen functional groups attached to an aromatic ring is 1. The Morgan fingerprint density at radius 1 is 1.12 bits per heavy atom. The Kier molecular flexibility index (Phi) is 3.55. The second kappa shape index (κ2) is 5.30. The summed E-state index contributed by atoms with van der Waals surface area (Å²) in [5, 5.41) is 3.99. The fourth-order valence-electron chi connectivity index (χ4n) is 1.70. The second-order valence-electron chi connectivity index (χ2n) is 3.91. The van der Waals surface area contributed by atoms with E-state index in [4.69, 9.17) is 5.73 Å². The number of rotatable bonds is 4. The van der Waals surface area contributed by atoms with Crippen molar-refractivity contribution < 1.29 is 0 Å². The molecule has 0 saturated heterocycles. The Labute approximate surface area is 99.7 Å². The number of nitrogens with two attached hydrogens (primary N) is 1. The number of aromatic nitrogens is 2. The van der Waals surface area contributed by atoms with Crippen molar-refractivity contribution in [2.75, 3.05) is 5.73 Å². The fourth-order valence-corrected chi connectivity index (χ4v) is 1.70. The van der Waals surface area contributed by atoms with Crippen LogP contribution in [0.2, 0.25) is 0 Å². The molecule has 2 aromatic rings. The Morgan fingerprint density at radius 3 is 2.65 bits per heavy atom. The Morgan fingerprint density at radius 2 is 1.88 bits per heavy atom. The maximum atomic E-state index is 11.5. The molecular weight excluding hydrogens is 214 g/mol. The Balaban J connectivity index is 1.94. The van der Waals surface area contributed by atoms with Gasteiger partial charge in [0, 0.05) is 12.6 Å². The number of nitrogens with zero attached hydrogens (tertiary/aromatic N) is 2. The van der Waals surface area contributed by atoms with Crippen LogP contribution < -0.4 is 11.3 Å². The van der Waals surface area contributed by atoms with Crippen LogP contribution in [0.5, 0.6) is 0 Å². The molecule has 1 aromatic heterocycles. The summed E-state index contributed by atoms with van der Waals surface area (Å²) >= 11 is 0. The van der Waals surface area contributed by atoms with Crippen LogP contribution in [-0.4, -0.2) is 9.78 Å². The number of anilines is 1. The van der Waals surface area contributed by atoms with E-state index in [-0.39, 0.29) is 5.56 Å². The minimum atomic E-state index is -0.104. The molecule has 0 atom stereocenters. The summed E-state index contributed by atoms with van der Waals surface area (Å²) in [7, 11) is 0. The summed E-state index contributed by atoms with van der Waals surface area (Å²) in [6.45, 7) is 0.596. The number of hydrogen-bond acceptors (Lipinski definition) is 3. The van der Waals surface area contributed by atoms with E-state index in [2.05, 4.69) is 17.2 Å². The predicted octanol–water partition coefficient (Wildman–Crippen LogP) is 1.46. The van der Waals surface area contributed by atoms with Crippen molar-refractivity contribution in [3.63, 3.8) is 0 Å². The van der Waals surface area contributed by atoms with Crippen molar-refractivity contribution >= 4 is 5.82 Å².